The second-order valence-electron chi connectivity index (χ2n) is 6.95. The second-order valence-corrected chi connectivity index (χ2v) is 9.00. The fraction of sp³-hybridized carbons (Fsp3) is 0.238. The van der Waals surface area contributed by atoms with Gasteiger partial charge in [0.15, 0.2) is 11.0 Å². The molecule has 3 aromatic rings. The minimum absolute atomic E-state index is 0.0489. The Morgan fingerprint density at radius 2 is 2.13 bits per heavy atom. The number of nitrogens with one attached hydrogen (secondary N) is 1. The summed E-state index contributed by atoms with van der Waals surface area (Å²) >= 11 is 2.59. The maximum Gasteiger partial charge on any atom is 0.251 e. The number of thiophene rings is 1. The van der Waals surface area contributed by atoms with Crippen molar-refractivity contribution >= 4 is 39.9 Å². The molecule has 10 heteroatoms. The molecule has 0 spiro atoms. The molecule has 0 saturated carbocycles. The second kappa shape index (κ2) is 9.03. The van der Waals surface area contributed by atoms with Gasteiger partial charge in [-0.05, 0) is 37.0 Å². The van der Waals surface area contributed by atoms with Crippen molar-refractivity contribution < 1.29 is 14.0 Å². The first-order valence-corrected chi connectivity index (χ1v) is 11.5. The van der Waals surface area contributed by atoms with Crippen LogP contribution in [0.15, 0.2) is 42.1 Å². The number of aryl methyl sites for hydroxylation is 1. The van der Waals surface area contributed by atoms with Gasteiger partial charge in [-0.1, -0.05) is 30.0 Å². The molecule has 0 atom stereocenters. The lowest BCUT2D eigenvalue weighted by molar-refractivity contribution is -0.113. The fourth-order valence-electron chi connectivity index (χ4n) is 3.58. The highest BCUT2D eigenvalue weighted by Gasteiger charge is 2.26. The summed E-state index contributed by atoms with van der Waals surface area (Å²) in [4.78, 5) is 25.6. The van der Waals surface area contributed by atoms with E-state index in [0.29, 0.717) is 33.7 Å². The average Bonchev–Trinajstić information content (AvgIpc) is 3.42. The molecule has 1 aliphatic rings. The van der Waals surface area contributed by atoms with Crippen molar-refractivity contribution in [2.45, 2.75) is 31.0 Å². The summed E-state index contributed by atoms with van der Waals surface area (Å²) in [6.07, 6.45) is 4.35. The van der Waals surface area contributed by atoms with Gasteiger partial charge in [0.05, 0.1) is 16.9 Å². The number of allylic oxidation sites excluding steroid dienone is 1. The number of hydrogen-bond acceptors (Lipinski definition) is 6. The number of amides is 2. The summed E-state index contributed by atoms with van der Waals surface area (Å²) in [6.45, 7) is 4.10. The Bertz CT molecular complexity index is 1170. The van der Waals surface area contributed by atoms with E-state index in [-0.39, 0.29) is 11.7 Å². The van der Waals surface area contributed by atoms with Crippen molar-refractivity contribution in [3.8, 4) is 11.4 Å². The highest BCUT2D eigenvalue weighted by molar-refractivity contribution is 7.99. The van der Waals surface area contributed by atoms with Crippen LogP contribution in [0.5, 0.6) is 0 Å². The molecule has 2 aromatic heterocycles. The number of thioether (sulfide) groups is 1. The number of carbonyl (C=O) groups is 2. The van der Waals surface area contributed by atoms with Crippen molar-refractivity contribution in [3.63, 3.8) is 0 Å². The summed E-state index contributed by atoms with van der Waals surface area (Å²) < 4.78 is 15.9. The molecule has 0 fully saturated rings. The lowest BCUT2D eigenvalue weighted by atomic mass is 10.1. The first kappa shape index (κ1) is 21.3. The van der Waals surface area contributed by atoms with Crippen LogP contribution in [-0.4, -0.2) is 32.3 Å². The zero-order valence-corrected chi connectivity index (χ0v) is 18.2. The van der Waals surface area contributed by atoms with Crippen molar-refractivity contribution in [2.75, 3.05) is 11.1 Å². The van der Waals surface area contributed by atoms with Gasteiger partial charge in [0.25, 0.3) is 5.91 Å². The van der Waals surface area contributed by atoms with Crippen LogP contribution in [0.25, 0.3) is 11.4 Å². The molecule has 2 heterocycles. The van der Waals surface area contributed by atoms with Crippen LogP contribution < -0.4 is 11.1 Å². The van der Waals surface area contributed by atoms with Crippen molar-refractivity contribution in [2.24, 2.45) is 5.73 Å². The molecule has 160 valence electrons. The summed E-state index contributed by atoms with van der Waals surface area (Å²) in [5.74, 6) is -0.797. The molecule has 0 bridgehead atoms. The Morgan fingerprint density at radius 1 is 1.32 bits per heavy atom. The van der Waals surface area contributed by atoms with Crippen molar-refractivity contribution in [1.82, 2.24) is 14.8 Å². The quantitative estimate of drug-likeness (QED) is 0.397. The number of primary amides is 1. The fourth-order valence-corrected chi connectivity index (χ4v) is 5.64. The molecule has 1 aliphatic carbocycles. The van der Waals surface area contributed by atoms with Crippen LogP contribution in [0.2, 0.25) is 0 Å². The average molecular weight is 458 g/mol. The number of halogens is 1. The van der Waals surface area contributed by atoms with Gasteiger partial charge in [0, 0.05) is 11.4 Å². The predicted octanol–water partition coefficient (Wildman–Crippen LogP) is 3.65. The number of aromatic nitrogens is 3. The van der Waals surface area contributed by atoms with Gasteiger partial charge in [0.2, 0.25) is 5.91 Å². The largest absolute Gasteiger partial charge is 0.365 e. The third-order valence-electron chi connectivity index (χ3n) is 4.90. The van der Waals surface area contributed by atoms with Crippen LogP contribution in [0.1, 0.15) is 27.2 Å². The van der Waals surface area contributed by atoms with E-state index in [2.05, 4.69) is 22.1 Å². The van der Waals surface area contributed by atoms with E-state index >= 15 is 0 Å². The zero-order chi connectivity index (χ0) is 22.0. The number of nitrogens with two attached hydrogens (primary N) is 1. The number of benzene rings is 1. The molecule has 0 radical (unpaired) electrons. The first-order chi connectivity index (χ1) is 15.0. The summed E-state index contributed by atoms with van der Waals surface area (Å²) in [7, 11) is 0. The van der Waals surface area contributed by atoms with E-state index < -0.39 is 11.7 Å². The Kier molecular flexibility index (Phi) is 6.19. The molecule has 4 rings (SSSR count). The number of rotatable bonds is 8. The monoisotopic (exact) mass is 457 g/mol. The predicted molar refractivity (Wildman–Crippen MR) is 120 cm³/mol. The van der Waals surface area contributed by atoms with E-state index in [0.717, 1.165) is 29.7 Å². The Hall–Kier alpha value is -2.98. The van der Waals surface area contributed by atoms with Crippen LogP contribution in [0.4, 0.5) is 9.39 Å². The van der Waals surface area contributed by atoms with Gasteiger partial charge in [-0.25, -0.2) is 4.39 Å². The lowest BCUT2D eigenvalue weighted by Gasteiger charge is -2.09. The minimum atomic E-state index is -0.525. The summed E-state index contributed by atoms with van der Waals surface area (Å²) in [5.41, 5.74) is 7.25. The van der Waals surface area contributed by atoms with Crippen LogP contribution in [0.3, 0.4) is 0 Å². The first-order valence-electron chi connectivity index (χ1n) is 9.65. The smallest absolute Gasteiger partial charge is 0.251 e. The van der Waals surface area contributed by atoms with E-state index in [1.54, 1.807) is 28.8 Å². The lowest BCUT2D eigenvalue weighted by Crippen LogP contribution is -2.19. The van der Waals surface area contributed by atoms with Gasteiger partial charge in [-0.2, -0.15) is 0 Å². The van der Waals surface area contributed by atoms with Gasteiger partial charge >= 0.3 is 0 Å². The Balaban J connectivity index is 1.50. The molecule has 0 saturated heterocycles. The molecular formula is C21H20FN5O2S2. The van der Waals surface area contributed by atoms with E-state index in [1.807, 2.05) is 0 Å². The summed E-state index contributed by atoms with van der Waals surface area (Å²) in [5, 5.41) is 12.0. The molecule has 1 aromatic carbocycles. The molecule has 2 amide bonds. The van der Waals surface area contributed by atoms with E-state index in [1.165, 1.54) is 29.2 Å². The Morgan fingerprint density at radius 3 is 2.87 bits per heavy atom. The molecule has 31 heavy (non-hydrogen) atoms. The van der Waals surface area contributed by atoms with Gasteiger partial charge in [-0.3, -0.25) is 14.2 Å². The number of hydrogen-bond donors (Lipinski definition) is 2. The third-order valence-corrected chi connectivity index (χ3v) is 7.07. The normalized spacial score (nSPS) is 12.5. The number of carbonyl (C=O) groups excluding carboxylic acids is 2. The van der Waals surface area contributed by atoms with Crippen molar-refractivity contribution in [1.29, 1.82) is 0 Å². The highest BCUT2D eigenvalue weighted by Crippen LogP contribution is 2.39. The Labute approximate surface area is 186 Å². The van der Waals surface area contributed by atoms with Gasteiger partial charge in [-0.15, -0.1) is 28.1 Å². The number of anilines is 1. The number of fused-ring (bicyclic) bond motifs is 1. The minimum Gasteiger partial charge on any atom is -0.365 e. The third kappa shape index (κ3) is 4.26. The standard InChI is InChI=1S/C21H20FN5O2S2/c1-2-10-27-19(12-6-3-4-8-14(12)22)25-26-21(27)30-11-16(28)24-20-17(18(23)29)13-7-5-9-15(13)31-20/h2-4,6,8H,1,5,7,9-11H2,(H2,23,29)(H,24,28). The number of nitrogens with zero attached hydrogens (tertiary/aromatic N) is 3. The molecular weight excluding hydrogens is 437 g/mol. The maximum atomic E-state index is 14.2. The van der Waals surface area contributed by atoms with Crippen LogP contribution >= 0.6 is 23.1 Å². The topological polar surface area (TPSA) is 103 Å². The van der Waals surface area contributed by atoms with Crippen molar-refractivity contribution in [3.05, 3.63) is 58.7 Å². The highest BCUT2D eigenvalue weighted by atomic mass is 32.2. The molecule has 0 unspecified atom stereocenters. The van der Waals surface area contributed by atoms with E-state index in [9.17, 15) is 14.0 Å². The molecule has 7 nitrogen and oxygen atoms in total. The van der Waals surface area contributed by atoms with Gasteiger partial charge < -0.3 is 11.1 Å². The van der Waals surface area contributed by atoms with Crippen LogP contribution in [0, 0.1) is 5.82 Å². The molecule has 3 N–H and O–H groups in total. The maximum absolute atomic E-state index is 14.2. The van der Waals surface area contributed by atoms with Crippen LogP contribution in [-0.2, 0) is 24.2 Å². The SMILES string of the molecule is C=CCn1c(SCC(=O)Nc2sc3c(c2C(N)=O)CCC3)nnc1-c1ccccc1F. The summed E-state index contributed by atoms with van der Waals surface area (Å²) in [6, 6.07) is 6.31. The van der Waals surface area contributed by atoms with E-state index in [4.69, 9.17) is 5.73 Å². The molecule has 0 aliphatic heterocycles. The zero-order valence-electron chi connectivity index (χ0n) is 16.6. The van der Waals surface area contributed by atoms with Gasteiger partial charge in [0.1, 0.15) is 10.8 Å².